The number of carbonyl (C=O) groups excluding carboxylic acids is 1. The first kappa shape index (κ1) is 18.6. The van der Waals surface area contributed by atoms with Gasteiger partial charge in [-0.05, 0) is 42.9 Å². The van der Waals surface area contributed by atoms with Crippen LogP contribution in [0.4, 0.5) is 8.78 Å². The van der Waals surface area contributed by atoms with E-state index in [-0.39, 0.29) is 17.4 Å². The Morgan fingerprint density at radius 2 is 1.75 bits per heavy atom. The average Bonchev–Trinajstić information content (AvgIpc) is 2.59. The Morgan fingerprint density at radius 1 is 1.11 bits per heavy atom. The lowest BCUT2D eigenvalue weighted by Gasteiger charge is -2.41. The van der Waals surface area contributed by atoms with Crippen LogP contribution in [0.1, 0.15) is 54.7 Å². The third kappa shape index (κ3) is 2.87. The zero-order chi connectivity index (χ0) is 20.1. The largest absolute Gasteiger partial charge is 0.369 e. The molecule has 2 N–H and O–H groups in total. The summed E-state index contributed by atoms with van der Waals surface area (Å²) in [7, 11) is 1.55. The molecule has 1 heterocycles. The summed E-state index contributed by atoms with van der Waals surface area (Å²) in [5, 5.41) is 0. The Labute approximate surface area is 163 Å². The molecule has 0 spiro atoms. The number of rotatable bonds is 3. The molecule has 1 saturated carbocycles. The quantitative estimate of drug-likeness (QED) is 0.870. The number of carbonyl (C=O) groups is 1. The number of guanidine groups is 1. The Balaban J connectivity index is 1.82. The summed E-state index contributed by atoms with van der Waals surface area (Å²) in [6.45, 7) is 1.67. The van der Waals surface area contributed by atoms with Gasteiger partial charge in [-0.1, -0.05) is 36.8 Å². The second-order valence-electron chi connectivity index (χ2n) is 7.87. The van der Waals surface area contributed by atoms with E-state index in [1.165, 1.54) is 41.9 Å². The Kier molecular flexibility index (Phi) is 4.44. The van der Waals surface area contributed by atoms with E-state index < -0.39 is 23.1 Å². The van der Waals surface area contributed by atoms with Gasteiger partial charge in [-0.2, -0.15) is 0 Å². The number of amides is 1. The van der Waals surface area contributed by atoms with E-state index >= 15 is 0 Å². The highest BCUT2D eigenvalue weighted by Gasteiger charge is 2.48. The second-order valence-corrected chi connectivity index (χ2v) is 7.87. The number of aliphatic imine (C=N–C) groups is 1. The molecule has 1 fully saturated rings. The van der Waals surface area contributed by atoms with Gasteiger partial charge in [0.15, 0.2) is 5.96 Å². The van der Waals surface area contributed by atoms with E-state index in [0.29, 0.717) is 5.92 Å². The SMILES string of the molecule is CN1C(=O)[C@H](c2ccc(C3CCC3)cc2)[C@@](C)(c2ccc(F)cc2F)N=C1N. The Hall–Kier alpha value is -2.76. The van der Waals surface area contributed by atoms with Gasteiger partial charge in [0.05, 0.1) is 5.92 Å². The normalized spacial score (nSPS) is 25.4. The summed E-state index contributed by atoms with van der Waals surface area (Å²) < 4.78 is 28.1. The fraction of sp³-hybridized carbons (Fsp3) is 0.364. The molecule has 0 radical (unpaired) electrons. The van der Waals surface area contributed by atoms with Gasteiger partial charge in [0.2, 0.25) is 5.91 Å². The number of likely N-dealkylation sites (N-methyl/N-ethyl adjacent to an activating group) is 1. The Bertz CT molecular complexity index is 953. The molecule has 1 amide bonds. The molecule has 2 aromatic carbocycles. The summed E-state index contributed by atoms with van der Waals surface area (Å²) in [4.78, 5) is 18.9. The molecule has 6 heteroatoms. The van der Waals surface area contributed by atoms with Crippen LogP contribution in [0.25, 0.3) is 0 Å². The van der Waals surface area contributed by atoms with Gasteiger partial charge in [-0.3, -0.25) is 9.69 Å². The lowest BCUT2D eigenvalue weighted by Crippen LogP contribution is -2.52. The predicted molar refractivity (Wildman–Crippen MR) is 104 cm³/mol. The molecular weight excluding hydrogens is 360 g/mol. The minimum absolute atomic E-state index is 0.0126. The third-order valence-electron chi connectivity index (χ3n) is 6.15. The zero-order valence-electron chi connectivity index (χ0n) is 16.0. The predicted octanol–water partition coefficient (Wildman–Crippen LogP) is 4.02. The third-order valence-corrected chi connectivity index (χ3v) is 6.15. The molecular formula is C22H23F2N3O. The van der Waals surface area contributed by atoms with Crippen LogP contribution < -0.4 is 5.73 Å². The minimum atomic E-state index is -1.27. The topological polar surface area (TPSA) is 58.7 Å². The molecule has 1 aliphatic heterocycles. The average molecular weight is 383 g/mol. The molecule has 2 aromatic rings. The van der Waals surface area contributed by atoms with Gasteiger partial charge >= 0.3 is 0 Å². The van der Waals surface area contributed by atoms with Crippen molar-refractivity contribution in [2.75, 3.05) is 7.05 Å². The molecule has 0 saturated heterocycles. The molecule has 28 heavy (non-hydrogen) atoms. The van der Waals surface area contributed by atoms with Crippen LogP contribution in [-0.2, 0) is 10.3 Å². The van der Waals surface area contributed by atoms with Crippen molar-refractivity contribution in [3.05, 3.63) is 70.8 Å². The lowest BCUT2D eigenvalue weighted by molar-refractivity contribution is -0.130. The molecule has 0 unspecified atom stereocenters. The van der Waals surface area contributed by atoms with Gasteiger partial charge in [-0.25, -0.2) is 13.8 Å². The van der Waals surface area contributed by atoms with E-state index in [2.05, 4.69) is 4.99 Å². The highest BCUT2D eigenvalue weighted by atomic mass is 19.1. The van der Waals surface area contributed by atoms with Crippen LogP contribution in [-0.4, -0.2) is 23.8 Å². The number of hydrogen-bond donors (Lipinski definition) is 1. The number of nitrogens with two attached hydrogens (primary N) is 1. The molecule has 146 valence electrons. The van der Waals surface area contributed by atoms with Crippen molar-refractivity contribution in [1.82, 2.24) is 4.90 Å². The van der Waals surface area contributed by atoms with Gasteiger partial charge in [-0.15, -0.1) is 0 Å². The van der Waals surface area contributed by atoms with Crippen LogP contribution in [0, 0.1) is 11.6 Å². The second kappa shape index (κ2) is 6.69. The highest BCUT2D eigenvalue weighted by Crippen LogP contribution is 2.45. The summed E-state index contributed by atoms with van der Waals surface area (Å²) >= 11 is 0. The maximum absolute atomic E-state index is 14.7. The van der Waals surface area contributed by atoms with Crippen molar-refractivity contribution < 1.29 is 13.6 Å². The van der Waals surface area contributed by atoms with Gasteiger partial charge < -0.3 is 5.73 Å². The van der Waals surface area contributed by atoms with E-state index in [9.17, 15) is 13.6 Å². The van der Waals surface area contributed by atoms with E-state index in [4.69, 9.17) is 5.73 Å². The first-order valence-electron chi connectivity index (χ1n) is 9.49. The highest BCUT2D eigenvalue weighted by molar-refractivity contribution is 6.02. The standard InChI is InChI=1S/C22H23F2N3O/c1-22(17-11-10-16(23)12-18(17)24)19(20(28)27(2)21(25)26-22)15-8-6-14(7-9-15)13-4-3-5-13/h6-13,19H,3-5H2,1-2H3,(H2,25,26)/t19-,22+/m0/s1. The van der Waals surface area contributed by atoms with Gasteiger partial charge in [0, 0.05) is 18.7 Å². The number of benzene rings is 2. The first-order valence-corrected chi connectivity index (χ1v) is 9.49. The van der Waals surface area contributed by atoms with Gasteiger partial charge in [0.25, 0.3) is 0 Å². The molecule has 0 aromatic heterocycles. The van der Waals surface area contributed by atoms with E-state index in [0.717, 1.165) is 11.6 Å². The minimum Gasteiger partial charge on any atom is -0.369 e. The van der Waals surface area contributed by atoms with Crippen LogP contribution in [0.15, 0.2) is 47.5 Å². The fourth-order valence-electron chi connectivity index (χ4n) is 4.21. The number of nitrogens with zero attached hydrogens (tertiary/aromatic N) is 2. The van der Waals surface area contributed by atoms with Crippen LogP contribution >= 0.6 is 0 Å². The summed E-state index contributed by atoms with van der Waals surface area (Å²) in [5.41, 5.74) is 6.81. The fourth-order valence-corrected chi connectivity index (χ4v) is 4.21. The Morgan fingerprint density at radius 3 is 2.32 bits per heavy atom. The maximum atomic E-state index is 14.7. The zero-order valence-corrected chi connectivity index (χ0v) is 16.0. The number of halogens is 2. The summed E-state index contributed by atoms with van der Waals surface area (Å²) in [6.07, 6.45) is 3.61. The van der Waals surface area contributed by atoms with Crippen molar-refractivity contribution in [3.8, 4) is 0 Å². The summed E-state index contributed by atoms with van der Waals surface area (Å²) in [5.74, 6) is -1.86. The molecule has 0 bridgehead atoms. The lowest BCUT2D eigenvalue weighted by atomic mass is 9.73. The first-order chi connectivity index (χ1) is 13.3. The molecule has 2 atom stereocenters. The van der Waals surface area contributed by atoms with E-state index in [1.807, 2.05) is 24.3 Å². The maximum Gasteiger partial charge on any atom is 0.239 e. The molecule has 4 rings (SSSR count). The summed E-state index contributed by atoms with van der Waals surface area (Å²) in [6, 6.07) is 11.2. The van der Waals surface area contributed by atoms with Crippen LogP contribution in [0.5, 0.6) is 0 Å². The van der Waals surface area contributed by atoms with Crippen molar-refractivity contribution >= 4 is 11.9 Å². The molecule has 4 nitrogen and oxygen atoms in total. The molecule has 2 aliphatic rings. The van der Waals surface area contributed by atoms with Crippen molar-refractivity contribution in [1.29, 1.82) is 0 Å². The number of hydrogen-bond acceptors (Lipinski definition) is 3. The van der Waals surface area contributed by atoms with Crippen molar-refractivity contribution in [2.45, 2.75) is 43.6 Å². The van der Waals surface area contributed by atoms with Gasteiger partial charge in [0.1, 0.15) is 17.2 Å². The molecule has 1 aliphatic carbocycles. The van der Waals surface area contributed by atoms with E-state index in [1.54, 1.807) is 14.0 Å². The van der Waals surface area contributed by atoms with Crippen LogP contribution in [0.3, 0.4) is 0 Å². The monoisotopic (exact) mass is 383 g/mol. The van der Waals surface area contributed by atoms with Crippen molar-refractivity contribution in [2.24, 2.45) is 10.7 Å². The smallest absolute Gasteiger partial charge is 0.239 e. The van der Waals surface area contributed by atoms with Crippen molar-refractivity contribution in [3.63, 3.8) is 0 Å². The van der Waals surface area contributed by atoms with Crippen LogP contribution in [0.2, 0.25) is 0 Å².